The molecule has 2 rings (SSSR count). The Morgan fingerprint density at radius 2 is 2.00 bits per heavy atom. The molecule has 0 spiro atoms. The van der Waals surface area contributed by atoms with Crippen LogP contribution in [0.15, 0.2) is 18.2 Å². The molecule has 0 saturated carbocycles. The van der Waals surface area contributed by atoms with Gasteiger partial charge in [-0.3, -0.25) is 9.59 Å². The van der Waals surface area contributed by atoms with E-state index >= 15 is 0 Å². The molecule has 1 atom stereocenters. The number of aryl methyl sites for hydroxylation is 1. The van der Waals surface area contributed by atoms with Crippen molar-refractivity contribution in [3.8, 4) is 0 Å². The van der Waals surface area contributed by atoms with Gasteiger partial charge in [0.25, 0.3) is 0 Å². The molecule has 1 aromatic rings. The first-order valence-corrected chi connectivity index (χ1v) is 7.01. The number of hydrogen-bond acceptors (Lipinski definition) is 2. The first-order chi connectivity index (χ1) is 9.68. The number of carbonyl (C=O) groups excluding carboxylic acids is 2. The highest BCUT2D eigenvalue weighted by atomic mass is 19.1. The van der Waals surface area contributed by atoms with E-state index < -0.39 is 6.04 Å². The molecule has 1 aliphatic rings. The van der Waals surface area contributed by atoms with Gasteiger partial charge in [-0.2, -0.15) is 0 Å². The van der Waals surface area contributed by atoms with E-state index in [1.54, 1.807) is 13.0 Å². The van der Waals surface area contributed by atoms with E-state index in [1.807, 2.05) is 20.8 Å². The molecule has 1 saturated heterocycles. The minimum Gasteiger partial charge on any atom is -0.342 e. The van der Waals surface area contributed by atoms with Crippen LogP contribution < -0.4 is 5.32 Å². The lowest BCUT2D eigenvalue weighted by Crippen LogP contribution is -2.61. The minimum absolute atomic E-state index is 0.0439. The van der Waals surface area contributed by atoms with Gasteiger partial charge in [0.15, 0.2) is 0 Å². The molecule has 0 aliphatic carbocycles. The molecule has 114 valence electrons. The molecule has 1 unspecified atom stereocenters. The van der Waals surface area contributed by atoms with E-state index in [0.29, 0.717) is 6.54 Å². The van der Waals surface area contributed by atoms with Crippen LogP contribution in [0.25, 0.3) is 0 Å². The molecule has 1 aromatic carbocycles. The summed E-state index contributed by atoms with van der Waals surface area (Å²) in [6.07, 6.45) is 0. The monoisotopic (exact) mass is 292 g/mol. The topological polar surface area (TPSA) is 49.4 Å². The van der Waals surface area contributed by atoms with Crippen LogP contribution in [0, 0.1) is 18.2 Å². The number of carbonyl (C=O) groups is 2. The average Bonchev–Trinajstić information content (AvgIpc) is 2.35. The van der Waals surface area contributed by atoms with Gasteiger partial charge < -0.3 is 10.2 Å². The molecule has 2 amide bonds. The number of rotatable bonds is 2. The molecule has 0 bridgehead atoms. The predicted molar refractivity (Wildman–Crippen MR) is 77.9 cm³/mol. The zero-order valence-electron chi connectivity index (χ0n) is 12.9. The smallest absolute Gasteiger partial charge is 0.246 e. The van der Waals surface area contributed by atoms with Crippen LogP contribution in [-0.4, -0.2) is 29.3 Å². The lowest BCUT2D eigenvalue weighted by atomic mass is 9.84. The average molecular weight is 292 g/mol. The highest BCUT2D eigenvalue weighted by Crippen LogP contribution is 2.24. The fourth-order valence-corrected chi connectivity index (χ4v) is 2.47. The number of piperazine rings is 1. The van der Waals surface area contributed by atoms with Crippen LogP contribution in [0.1, 0.15) is 31.9 Å². The van der Waals surface area contributed by atoms with Crippen molar-refractivity contribution in [2.24, 2.45) is 5.41 Å². The summed E-state index contributed by atoms with van der Waals surface area (Å²) in [7, 11) is 0. The van der Waals surface area contributed by atoms with Gasteiger partial charge in [-0.25, -0.2) is 4.39 Å². The fourth-order valence-electron chi connectivity index (χ4n) is 2.47. The van der Waals surface area contributed by atoms with Crippen molar-refractivity contribution >= 4 is 11.8 Å². The van der Waals surface area contributed by atoms with Crippen molar-refractivity contribution in [1.29, 1.82) is 0 Å². The number of hydrogen-bond donors (Lipinski definition) is 1. The number of nitrogens with one attached hydrogen (secondary N) is 1. The quantitative estimate of drug-likeness (QED) is 0.906. The van der Waals surface area contributed by atoms with Crippen molar-refractivity contribution in [3.63, 3.8) is 0 Å². The zero-order valence-corrected chi connectivity index (χ0v) is 12.9. The molecular weight excluding hydrogens is 271 g/mol. The van der Waals surface area contributed by atoms with E-state index in [4.69, 9.17) is 0 Å². The summed E-state index contributed by atoms with van der Waals surface area (Å²) in [5.74, 6) is -0.549. The third-order valence-electron chi connectivity index (χ3n) is 3.73. The van der Waals surface area contributed by atoms with Crippen molar-refractivity contribution in [1.82, 2.24) is 10.2 Å². The predicted octanol–water partition coefficient (Wildman–Crippen LogP) is 2.01. The maximum absolute atomic E-state index is 13.1. The molecule has 5 heteroatoms. The Labute approximate surface area is 124 Å². The number of nitrogens with zero attached hydrogens (tertiary/aromatic N) is 1. The van der Waals surface area contributed by atoms with E-state index in [1.165, 1.54) is 17.0 Å². The first-order valence-electron chi connectivity index (χ1n) is 7.01. The highest BCUT2D eigenvalue weighted by molar-refractivity contribution is 5.95. The summed E-state index contributed by atoms with van der Waals surface area (Å²) in [6.45, 7) is 7.93. The van der Waals surface area contributed by atoms with Crippen molar-refractivity contribution in [2.75, 3.05) is 6.54 Å². The number of halogens is 1. The van der Waals surface area contributed by atoms with Crippen molar-refractivity contribution in [2.45, 2.75) is 40.3 Å². The molecule has 4 nitrogen and oxygen atoms in total. The van der Waals surface area contributed by atoms with Gasteiger partial charge in [-0.1, -0.05) is 26.8 Å². The molecule has 1 heterocycles. The lowest BCUT2D eigenvalue weighted by molar-refractivity contribution is -0.147. The summed E-state index contributed by atoms with van der Waals surface area (Å²) in [4.78, 5) is 25.9. The Hall–Kier alpha value is -1.91. The summed E-state index contributed by atoms with van der Waals surface area (Å²) >= 11 is 0. The van der Waals surface area contributed by atoms with E-state index in [0.717, 1.165) is 11.1 Å². The van der Waals surface area contributed by atoms with Crippen LogP contribution >= 0.6 is 0 Å². The summed E-state index contributed by atoms with van der Waals surface area (Å²) < 4.78 is 13.1. The van der Waals surface area contributed by atoms with Gasteiger partial charge in [-0.15, -0.1) is 0 Å². The Balaban J connectivity index is 2.22. The van der Waals surface area contributed by atoms with Gasteiger partial charge in [-0.05, 0) is 35.6 Å². The maximum Gasteiger partial charge on any atom is 0.246 e. The summed E-state index contributed by atoms with van der Waals surface area (Å²) in [5.41, 5.74) is 1.29. The molecular formula is C16H21FN2O2. The Morgan fingerprint density at radius 3 is 2.57 bits per heavy atom. The Morgan fingerprint density at radius 1 is 1.33 bits per heavy atom. The second kappa shape index (κ2) is 5.47. The van der Waals surface area contributed by atoms with Gasteiger partial charge >= 0.3 is 0 Å². The van der Waals surface area contributed by atoms with Crippen LogP contribution in [0.4, 0.5) is 4.39 Å². The van der Waals surface area contributed by atoms with E-state index in [2.05, 4.69) is 5.32 Å². The van der Waals surface area contributed by atoms with Crippen LogP contribution in [0.3, 0.4) is 0 Å². The second-order valence-electron chi connectivity index (χ2n) is 6.63. The van der Waals surface area contributed by atoms with Crippen LogP contribution in [-0.2, 0) is 16.1 Å². The van der Waals surface area contributed by atoms with Crippen molar-refractivity contribution < 1.29 is 14.0 Å². The fraction of sp³-hybridized carbons (Fsp3) is 0.500. The molecule has 0 aromatic heterocycles. The van der Waals surface area contributed by atoms with Gasteiger partial charge in [0, 0.05) is 6.54 Å². The maximum atomic E-state index is 13.1. The SMILES string of the molecule is Cc1cc(F)ccc1CN1CC(=O)NC(C(C)(C)C)C1=O. The zero-order chi connectivity index (χ0) is 15.8. The van der Waals surface area contributed by atoms with Crippen LogP contribution in [0.5, 0.6) is 0 Å². The standard InChI is InChI=1S/C16H21FN2O2/c1-10-7-12(17)6-5-11(10)8-19-9-13(20)18-14(15(19)21)16(2,3)4/h5-7,14H,8-9H2,1-4H3,(H,18,20). The van der Waals surface area contributed by atoms with E-state index in [9.17, 15) is 14.0 Å². The molecule has 21 heavy (non-hydrogen) atoms. The van der Waals surface area contributed by atoms with E-state index in [-0.39, 0.29) is 29.6 Å². The summed E-state index contributed by atoms with van der Waals surface area (Å²) in [6, 6.07) is 3.94. The van der Waals surface area contributed by atoms with Crippen LogP contribution in [0.2, 0.25) is 0 Å². The normalized spacial score (nSPS) is 19.7. The minimum atomic E-state index is -0.528. The Kier molecular flexibility index (Phi) is 4.03. The third kappa shape index (κ3) is 3.40. The molecule has 0 radical (unpaired) electrons. The molecule has 1 aliphatic heterocycles. The Bertz CT molecular complexity index is 578. The number of benzene rings is 1. The largest absolute Gasteiger partial charge is 0.342 e. The highest BCUT2D eigenvalue weighted by Gasteiger charge is 2.39. The third-order valence-corrected chi connectivity index (χ3v) is 3.73. The van der Waals surface area contributed by atoms with Crippen molar-refractivity contribution in [3.05, 3.63) is 35.1 Å². The second-order valence-corrected chi connectivity index (χ2v) is 6.63. The summed E-state index contributed by atoms with van der Waals surface area (Å²) in [5, 5.41) is 2.76. The molecule has 1 N–H and O–H groups in total. The van der Waals surface area contributed by atoms with Gasteiger partial charge in [0.1, 0.15) is 11.9 Å². The number of amides is 2. The molecule has 1 fully saturated rings. The lowest BCUT2D eigenvalue weighted by Gasteiger charge is -2.39. The first kappa shape index (κ1) is 15.5. The van der Waals surface area contributed by atoms with Gasteiger partial charge in [0.05, 0.1) is 6.54 Å². The van der Waals surface area contributed by atoms with Gasteiger partial charge in [0.2, 0.25) is 11.8 Å².